The second-order valence-electron chi connectivity index (χ2n) is 7.33. The molecule has 1 heterocycles. The van der Waals surface area contributed by atoms with Crippen LogP contribution in [0.3, 0.4) is 0 Å². The summed E-state index contributed by atoms with van der Waals surface area (Å²) in [6.45, 7) is 4.80. The second-order valence-corrected chi connectivity index (χ2v) is 7.33. The Morgan fingerprint density at radius 2 is 1.79 bits per heavy atom. The number of benzene rings is 1. The fourth-order valence-electron chi connectivity index (χ4n) is 3.25. The number of amides is 2. The van der Waals surface area contributed by atoms with E-state index in [0.717, 1.165) is 12.8 Å². The van der Waals surface area contributed by atoms with Crippen LogP contribution in [0, 0.1) is 11.7 Å². The Kier molecular flexibility index (Phi) is 5.62. The maximum absolute atomic E-state index is 14.1. The number of nitrogens with zero attached hydrogens (tertiary/aromatic N) is 2. The van der Waals surface area contributed by atoms with E-state index in [4.69, 9.17) is 0 Å². The Morgan fingerprint density at radius 1 is 1.21 bits per heavy atom. The summed E-state index contributed by atoms with van der Waals surface area (Å²) < 4.78 is 14.1. The maximum Gasteiger partial charge on any atom is 0.232 e. The minimum Gasteiger partial charge on any atom is -0.349 e. The van der Waals surface area contributed by atoms with Gasteiger partial charge in [-0.2, -0.15) is 0 Å². The van der Waals surface area contributed by atoms with Gasteiger partial charge in [-0.15, -0.1) is 0 Å². The number of carbonyl (C=O) groups is 2. The zero-order valence-electron chi connectivity index (χ0n) is 15.0. The molecule has 2 rings (SSSR count). The average molecular weight is 334 g/mol. The molecule has 132 valence electrons. The molecule has 24 heavy (non-hydrogen) atoms. The van der Waals surface area contributed by atoms with E-state index in [9.17, 15) is 14.0 Å². The van der Waals surface area contributed by atoms with E-state index in [1.54, 1.807) is 51.0 Å². The highest BCUT2D eigenvalue weighted by atomic mass is 19.1. The highest BCUT2D eigenvalue weighted by Crippen LogP contribution is 2.30. The number of halogens is 1. The van der Waals surface area contributed by atoms with Gasteiger partial charge in [-0.05, 0) is 38.7 Å². The zero-order valence-corrected chi connectivity index (χ0v) is 15.0. The topological polar surface area (TPSA) is 40.6 Å². The van der Waals surface area contributed by atoms with Gasteiger partial charge < -0.3 is 9.80 Å². The van der Waals surface area contributed by atoms with Crippen LogP contribution in [0.4, 0.5) is 4.39 Å². The Bertz CT molecular complexity index is 605. The molecule has 0 bridgehead atoms. The highest BCUT2D eigenvalue weighted by molar-refractivity contribution is 5.87. The highest BCUT2D eigenvalue weighted by Gasteiger charge is 2.37. The van der Waals surface area contributed by atoms with Gasteiger partial charge in [0.25, 0.3) is 0 Å². The molecule has 1 saturated heterocycles. The summed E-state index contributed by atoms with van der Waals surface area (Å²) in [7, 11) is 3.52. The van der Waals surface area contributed by atoms with E-state index >= 15 is 0 Å². The fourth-order valence-corrected chi connectivity index (χ4v) is 3.25. The molecular formula is C19H27FN2O2. The van der Waals surface area contributed by atoms with E-state index in [-0.39, 0.29) is 17.6 Å². The van der Waals surface area contributed by atoms with E-state index in [1.165, 1.54) is 6.07 Å². The number of carbonyl (C=O) groups excluding carboxylic acids is 2. The molecule has 0 N–H and O–H groups in total. The molecule has 0 aliphatic carbocycles. The lowest BCUT2D eigenvalue weighted by Gasteiger charge is -2.37. The third-order valence-corrected chi connectivity index (χ3v) is 4.95. The molecule has 1 aromatic rings. The van der Waals surface area contributed by atoms with Crippen LogP contribution >= 0.6 is 0 Å². The Hall–Kier alpha value is -1.91. The van der Waals surface area contributed by atoms with Crippen LogP contribution < -0.4 is 0 Å². The maximum atomic E-state index is 14.1. The van der Waals surface area contributed by atoms with Crippen molar-refractivity contribution < 1.29 is 14.0 Å². The normalized spacial score (nSPS) is 16.1. The molecule has 1 aliphatic heterocycles. The van der Waals surface area contributed by atoms with Crippen molar-refractivity contribution in [1.29, 1.82) is 0 Å². The predicted molar refractivity (Wildman–Crippen MR) is 92.0 cm³/mol. The van der Waals surface area contributed by atoms with E-state index in [1.807, 2.05) is 4.90 Å². The molecule has 0 aromatic heterocycles. The van der Waals surface area contributed by atoms with Crippen molar-refractivity contribution in [2.75, 3.05) is 27.2 Å². The second kappa shape index (κ2) is 7.32. The van der Waals surface area contributed by atoms with Crippen molar-refractivity contribution in [3.8, 4) is 0 Å². The van der Waals surface area contributed by atoms with E-state index in [0.29, 0.717) is 31.0 Å². The van der Waals surface area contributed by atoms with Gasteiger partial charge in [-0.25, -0.2) is 4.39 Å². The monoisotopic (exact) mass is 334 g/mol. The number of piperidine rings is 1. The summed E-state index contributed by atoms with van der Waals surface area (Å²) >= 11 is 0. The zero-order chi connectivity index (χ0) is 17.9. The summed E-state index contributed by atoms with van der Waals surface area (Å²) in [4.78, 5) is 28.1. The van der Waals surface area contributed by atoms with Crippen molar-refractivity contribution in [1.82, 2.24) is 9.80 Å². The molecule has 0 unspecified atom stereocenters. The SMILES string of the molecule is CN(C)C(=O)CC1CCN(C(=O)C(C)(C)c2ccccc2F)CC1. The summed E-state index contributed by atoms with van der Waals surface area (Å²) in [5.41, 5.74) is -0.461. The van der Waals surface area contributed by atoms with Crippen molar-refractivity contribution in [3.05, 3.63) is 35.6 Å². The van der Waals surface area contributed by atoms with E-state index in [2.05, 4.69) is 0 Å². The Morgan fingerprint density at radius 3 is 2.33 bits per heavy atom. The van der Waals surface area contributed by atoms with Crippen LogP contribution in [0.15, 0.2) is 24.3 Å². The first-order chi connectivity index (χ1) is 11.2. The summed E-state index contributed by atoms with van der Waals surface area (Å²) in [6.07, 6.45) is 2.17. The molecule has 0 radical (unpaired) electrons. The third kappa shape index (κ3) is 3.94. The van der Waals surface area contributed by atoms with Crippen LogP contribution in [0.1, 0.15) is 38.7 Å². The van der Waals surface area contributed by atoms with Crippen molar-refractivity contribution in [3.63, 3.8) is 0 Å². The van der Waals surface area contributed by atoms with Crippen molar-refractivity contribution in [2.24, 2.45) is 5.92 Å². The van der Waals surface area contributed by atoms with Gasteiger partial charge in [-0.3, -0.25) is 9.59 Å². The molecule has 4 nitrogen and oxygen atoms in total. The fraction of sp³-hybridized carbons (Fsp3) is 0.579. The Labute approximate surface area is 143 Å². The average Bonchev–Trinajstić information content (AvgIpc) is 2.55. The molecule has 1 aliphatic rings. The molecule has 1 fully saturated rings. The first-order valence-electron chi connectivity index (χ1n) is 8.48. The Balaban J connectivity index is 2.00. The molecule has 1 aromatic carbocycles. The van der Waals surface area contributed by atoms with Gasteiger partial charge in [-0.1, -0.05) is 18.2 Å². The quantitative estimate of drug-likeness (QED) is 0.849. The molecular weight excluding hydrogens is 307 g/mol. The number of hydrogen-bond donors (Lipinski definition) is 0. The van der Waals surface area contributed by atoms with Crippen LogP contribution in [-0.4, -0.2) is 48.8 Å². The van der Waals surface area contributed by atoms with Gasteiger partial charge >= 0.3 is 0 Å². The first-order valence-corrected chi connectivity index (χ1v) is 8.48. The summed E-state index contributed by atoms with van der Waals surface area (Å²) in [6, 6.07) is 6.46. The number of rotatable bonds is 4. The first kappa shape index (κ1) is 18.4. The van der Waals surface area contributed by atoms with Gasteiger partial charge in [0.1, 0.15) is 5.82 Å². The summed E-state index contributed by atoms with van der Waals surface area (Å²) in [5, 5.41) is 0. The lowest BCUT2D eigenvalue weighted by Crippen LogP contribution is -2.47. The standard InChI is InChI=1S/C19H27FN2O2/c1-19(2,15-7-5-6-8-16(15)20)18(24)22-11-9-14(10-12-22)13-17(23)21(3)4/h5-8,14H,9-13H2,1-4H3. The minimum absolute atomic E-state index is 0.0509. The smallest absolute Gasteiger partial charge is 0.232 e. The molecule has 2 amide bonds. The van der Waals surface area contributed by atoms with Gasteiger partial charge in [0.05, 0.1) is 5.41 Å². The predicted octanol–water partition coefficient (Wildman–Crippen LogP) is 2.82. The van der Waals surface area contributed by atoms with Crippen LogP contribution in [0.5, 0.6) is 0 Å². The summed E-state index contributed by atoms with van der Waals surface area (Å²) in [5.74, 6) is 0.0549. The van der Waals surface area contributed by atoms with Gasteiger partial charge in [0.15, 0.2) is 0 Å². The van der Waals surface area contributed by atoms with Crippen LogP contribution in [0.2, 0.25) is 0 Å². The van der Waals surface area contributed by atoms with Crippen LogP contribution in [-0.2, 0) is 15.0 Å². The molecule has 0 saturated carbocycles. The molecule has 0 spiro atoms. The van der Waals surface area contributed by atoms with Gasteiger partial charge in [0.2, 0.25) is 11.8 Å². The van der Waals surface area contributed by atoms with Gasteiger partial charge in [0, 0.05) is 39.2 Å². The third-order valence-electron chi connectivity index (χ3n) is 4.95. The van der Waals surface area contributed by atoms with Crippen molar-refractivity contribution in [2.45, 2.75) is 38.5 Å². The lowest BCUT2D eigenvalue weighted by atomic mass is 9.81. The molecule has 0 atom stereocenters. The largest absolute Gasteiger partial charge is 0.349 e. The van der Waals surface area contributed by atoms with Crippen molar-refractivity contribution >= 4 is 11.8 Å². The van der Waals surface area contributed by atoms with Crippen LogP contribution in [0.25, 0.3) is 0 Å². The number of likely N-dealkylation sites (tertiary alicyclic amines) is 1. The molecule has 5 heteroatoms. The minimum atomic E-state index is -0.891. The van der Waals surface area contributed by atoms with E-state index < -0.39 is 5.41 Å². The lowest BCUT2D eigenvalue weighted by molar-refractivity contribution is -0.138. The number of hydrogen-bond acceptors (Lipinski definition) is 2.